The fourth-order valence-electron chi connectivity index (χ4n) is 0.287. The zero-order valence-corrected chi connectivity index (χ0v) is 12.1. The summed E-state index contributed by atoms with van der Waals surface area (Å²) in [5, 5.41) is 0. The Labute approximate surface area is 71.8 Å². The summed E-state index contributed by atoms with van der Waals surface area (Å²) in [4.78, 5) is 0. The zero-order chi connectivity index (χ0) is 4.83. The van der Waals surface area contributed by atoms with Crippen molar-refractivity contribution in [2.45, 2.75) is 24.2 Å². The Morgan fingerprint density at radius 1 is 1.57 bits per heavy atom. The first-order valence-electron chi connectivity index (χ1n) is 2.35. The van der Waals surface area contributed by atoms with Gasteiger partial charge >= 0.3 is 72.3 Å². The van der Waals surface area contributed by atoms with Crippen molar-refractivity contribution in [3.63, 3.8) is 0 Å². The van der Waals surface area contributed by atoms with Crippen LogP contribution in [-0.4, -0.2) is 45.0 Å². The topological polar surface area (TPSA) is 17.1 Å². The molecule has 3 heteroatoms. The van der Waals surface area contributed by atoms with Crippen molar-refractivity contribution in [2.24, 2.45) is 0 Å². The third-order valence-electron chi connectivity index (χ3n) is 0.676. The summed E-state index contributed by atoms with van der Waals surface area (Å²) < 4.78 is 10.9. The first-order valence-corrected chi connectivity index (χ1v) is 6.03. The number of rotatable bonds is 3. The second kappa shape index (κ2) is 10.4. The molecule has 0 amide bonds. The molecule has 0 saturated heterocycles. The van der Waals surface area contributed by atoms with Crippen molar-refractivity contribution in [3.8, 4) is 0 Å². The Morgan fingerprint density at radius 2 is 2.14 bits per heavy atom. The molecule has 0 fully saturated rings. The Kier molecular flexibility index (Phi) is 16.7. The Morgan fingerprint density at radius 3 is 2.29 bits per heavy atom. The maximum absolute atomic E-state index is 9.88. The van der Waals surface area contributed by atoms with Gasteiger partial charge in [-0.1, -0.05) is 0 Å². The Balaban J connectivity index is 0. The molecule has 0 spiro atoms. The van der Waals surface area contributed by atoms with Crippen molar-refractivity contribution in [1.29, 1.82) is 0 Å². The average Bonchev–Trinajstić information content (AvgIpc) is 1.61. The third-order valence-corrected chi connectivity index (χ3v) is 2.51. The summed E-state index contributed by atoms with van der Waals surface area (Å²) in [6.07, 6.45) is 2.39. The third kappa shape index (κ3) is 11.1. The molecule has 0 unspecified atom stereocenters. The van der Waals surface area contributed by atoms with Gasteiger partial charge in [-0.05, 0) is 0 Å². The monoisotopic (exact) mass is 316 g/mol. The summed E-state index contributed by atoms with van der Waals surface area (Å²) in [5.41, 5.74) is 0. The maximum atomic E-state index is 9.88. The molecule has 0 aromatic rings. The Bertz CT molecular complexity index is 38.7. The van der Waals surface area contributed by atoms with Crippen molar-refractivity contribution < 1.29 is 3.08 Å². The van der Waals surface area contributed by atoms with Crippen LogP contribution in [0.15, 0.2) is 0 Å². The first kappa shape index (κ1) is 11.2. The summed E-state index contributed by atoms with van der Waals surface area (Å²) in [5.74, 6) is 0. The van der Waals surface area contributed by atoms with Crippen LogP contribution in [0.3, 0.4) is 0 Å². The van der Waals surface area contributed by atoms with Crippen molar-refractivity contribution in [1.82, 2.24) is 0 Å². The molecule has 7 heavy (non-hydrogen) atoms. The van der Waals surface area contributed by atoms with E-state index in [1.165, 1.54) is 12.8 Å². The molecule has 0 aliphatic rings. The number of unbranched alkanes of at least 4 members (excludes halogenated alkanes) is 1. The molecule has 0 aliphatic carbocycles. The van der Waals surface area contributed by atoms with Gasteiger partial charge in [0.15, 0.2) is 0 Å². The SMILES string of the molecule is CCC[CH2][SnH]=[O].[SnH2]. The van der Waals surface area contributed by atoms with Crippen molar-refractivity contribution >= 4 is 45.0 Å². The van der Waals surface area contributed by atoms with E-state index in [9.17, 15) is 3.08 Å². The van der Waals surface area contributed by atoms with Crippen LogP contribution in [0.25, 0.3) is 0 Å². The molecule has 0 rings (SSSR count). The fourth-order valence-corrected chi connectivity index (χ4v) is 1.93. The van der Waals surface area contributed by atoms with Crippen LogP contribution in [0.2, 0.25) is 4.44 Å². The van der Waals surface area contributed by atoms with E-state index in [0.29, 0.717) is 0 Å². The minimum atomic E-state index is -1.20. The van der Waals surface area contributed by atoms with Gasteiger partial charge < -0.3 is 0 Å². The average molecular weight is 314 g/mol. The van der Waals surface area contributed by atoms with Gasteiger partial charge in [0.05, 0.1) is 0 Å². The van der Waals surface area contributed by atoms with Crippen LogP contribution in [0.5, 0.6) is 0 Å². The number of hydrogen-bond donors (Lipinski definition) is 0. The fraction of sp³-hybridized carbons (Fsp3) is 1.00. The molecule has 0 saturated carbocycles. The predicted molar refractivity (Wildman–Crippen MR) is 36.1 cm³/mol. The van der Waals surface area contributed by atoms with E-state index >= 15 is 0 Å². The molecule has 42 valence electrons. The van der Waals surface area contributed by atoms with Crippen molar-refractivity contribution in [3.05, 3.63) is 0 Å². The molecule has 0 atom stereocenters. The molecular formula is C4H12OSn2. The van der Waals surface area contributed by atoms with E-state index in [4.69, 9.17) is 0 Å². The van der Waals surface area contributed by atoms with E-state index in [-0.39, 0.29) is 23.9 Å². The van der Waals surface area contributed by atoms with Crippen LogP contribution in [0.1, 0.15) is 19.8 Å². The molecule has 0 aliphatic heterocycles. The molecule has 0 N–H and O–H groups in total. The minimum absolute atomic E-state index is 0. The molecular weight excluding hydrogens is 301 g/mol. The molecule has 1 nitrogen and oxygen atoms in total. The molecule has 0 aromatic carbocycles. The van der Waals surface area contributed by atoms with Crippen LogP contribution in [0.4, 0.5) is 0 Å². The second-order valence-electron chi connectivity index (χ2n) is 1.31. The van der Waals surface area contributed by atoms with Gasteiger partial charge in [-0.2, -0.15) is 0 Å². The number of hydrogen-bond acceptors (Lipinski definition) is 1. The molecule has 0 heterocycles. The zero-order valence-electron chi connectivity index (χ0n) is 4.81. The van der Waals surface area contributed by atoms with Gasteiger partial charge in [0.25, 0.3) is 0 Å². The summed E-state index contributed by atoms with van der Waals surface area (Å²) in [7, 11) is 0. The molecule has 0 bridgehead atoms. The van der Waals surface area contributed by atoms with Crippen LogP contribution < -0.4 is 0 Å². The van der Waals surface area contributed by atoms with Gasteiger partial charge in [0.1, 0.15) is 0 Å². The van der Waals surface area contributed by atoms with Gasteiger partial charge in [0.2, 0.25) is 0 Å². The standard InChI is InChI=1S/C4H9.O.2Sn.3H/c1-3-4-2;;;;;;/h1,3-4H2,2H3;;;;;;. The second-order valence-corrected chi connectivity index (χ2v) is 3.91. The van der Waals surface area contributed by atoms with Crippen LogP contribution in [0, 0.1) is 0 Å². The van der Waals surface area contributed by atoms with Crippen LogP contribution in [-0.2, 0) is 3.08 Å². The summed E-state index contributed by atoms with van der Waals surface area (Å²) >= 11 is -1.20. The van der Waals surface area contributed by atoms with Gasteiger partial charge in [-0.25, -0.2) is 0 Å². The normalized spacial score (nSPS) is 7.00. The van der Waals surface area contributed by atoms with E-state index < -0.39 is 21.1 Å². The van der Waals surface area contributed by atoms with Crippen molar-refractivity contribution in [2.75, 3.05) is 0 Å². The Hall–Kier alpha value is 1.40. The summed E-state index contributed by atoms with van der Waals surface area (Å²) in [6.45, 7) is 2.12. The van der Waals surface area contributed by atoms with Gasteiger partial charge in [0, 0.05) is 0 Å². The molecule has 2 radical (unpaired) electrons. The first-order chi connectivity index (χ1) is 2.91. The van der Waals surface area contributed by atoms with Crippen LogP contribution >= 0.6 is 0 Å². The predicted octanol–water partition coefficient (Wildman–Crippen LogP) is 0.0706. The van der Waals surface area contributed by atoms with Gasteiger partial charge in [-0.15, -0.1) is 0 Å². The van der Waals surface area contributed by atoms with E-state index in [0.717, 1.165) is 4.44 Å². The summed E-state index contributed by atoms with van der Waals surface area (Å²) in [6, 6.07) is 0. The van der Waals surface area contributed by atoms with E-state index in [2.05, 4.69) is 6.92 Å². The van der Waals surface area contributed by atoms with Gasteiger partial charge in [-0.3, -0.25) is 0 Å². The molecule has 0 aromatic heterocycles. The van der Waals surface area contributed by atoms with E-state index in [1.54, 1.807) is 0 Å². The quantitative estimate of drug-likeness (QED) is 0.532. The van der Waals surface area contributed by atoms with E-state index in [1.807, 2.05) is 0 Å².